The van der Waals surface area contributed by atoms with Crippen LogP contribution >= 0.6 is 12.4 Å². The molecule has 102 valence electrons. The van der Waals surface area contributed by atoms with Crippen molar-refractivity contribution in [2.45, 2.75) is 18.9 Å². The smallest absolute Gasteiger partial charge is 0.228 e. The summed E-state index contributed by atoms with van der Waals surface area (Å²) >= 11 is 0. The maximum Gasteiger partial charge on any atom is 0.228 e. The van der Waals surface area contributed by atoms with Gasteiger partial charge in [-0.1, -0.05) is 18.2 Å². The SMILES string of the molecule is Cl.N[C@@H]1CCN(C(=O)Cc2[nH]nc3ccccc23)C1. The molecule has 1 saturated heterocycles. The molecule has 1 aliphatic rings. The number of rotatable bonds is 2. The van der Waals surface area contributed by atoms with E-state index in [1.807, 2.05) is 29.2 Å². The first-order chi connectivity index (χ1) is 8.74. The van der Waals surface area contributed by atoms with Gasteiger partial charge in [-0.15, -0.1) is 12.4 Å². The number of likely N-dealkylation sites (tertiary alicyclic amines) is 1. The largest absolute Gasteiger partial charge is 0.341 e. The van der Waals surface area contributed by atoms with Crippen LogP contribution in [0.15, 0.2) is 24.3 Å². The number of carbonyl (C=O) groups is 1. The Bertz CT molecular complexity index is 583. The number of benzene rings is 1. The van der Waals surface area contributed by atoms with E-state index in [2.05, 4.69) is 10.2 Å². The van der Waals surface area contributed by atoms with Gasteiger partial charge in [-0.2, -0.15) is 5.10 Å². The molecule has 2 heterocycles. The highest BCUT2D eigenvalue weighted by Gasteiger charge is 2.24. The van der Waals surface area contributed by atoms with Crippen molar-refractivity contribution in [1.82, 2.24) is 15.1 Å². The van der Waals surface area contributed by atoms with Crippen LogP contribution < -0.4 is 5.73 Å². The highest BCUT2D eigenvalue weighted by molar-refractivity contribution is 5.87. The Balaban J connectivity index is 0.00000133. The van der Waals surface area contributed by atoms with Crippen LogP contribution in [0.3, 0.4) is 0 Å². The quantitative estimate of drug-likeness (QED) is 0.865. The highest BCUT2D eigenvalue weighted by atomic mass is 35.5. The molecule has 1 fully saturated rings. The number of aromatic nitrogens is 2. The third-order valence-electron chi connectivity index (χ3n) is 3.45. The van der Waals surface area contributed by atoms with E-state index < -0.39 is 0 Å². The monoisotopic (exact) mass is 280 g/mol. The third kappa shape index (κ3) is 2.72. The highest BCUT2D eigenvalue weighted by Crippen LogP contribution is 2.17. The van der Waals surface area contributed by atoms with E-state index in [-0.39, 0.29) is 24.4 Å². The number of hydrogen-bond acceptors (Lipinski definition) is 3. The van der Waals surface area contributed by atoms with Gasteiger partial charge in [0.1, 0.15) is 0 Å². The van der Waals surface area contributed by atoms with E-state index in [4.69, 9.17) is 5.73 Å². The van der Waals surface area contributed by atoms with E-state index in [9.17, 15) is 4.79 Å². The summed E-state index contributed by atoms with van der Waals surface area (Å²) in [5.41, 5.74) is 7.60. The predicted molar refractivity (Wildman–Crippen MR) is 76.2 cm³/mol. The van der Waals surface area contributed by atoms with Crippen molar-refractivity contribution in [2.24, 2.45) is 5.73 Å². The van der Waals surface area contributed by atoms with E-state index in [1.54, 1.807) is 0 Å². The van der Waals surface area contributed by atoms with Gasteiger partial charge < -0.3 is 10.6 Å². The molecule has 0 aliphatic carbocycles. The Kier molecular flexibility index (Phi) is 4.07. The van der Waals surface area contributed by atoms with Gasteiger partial charge in [0.15, 0.2) is 0 Å². The lowest BCUT2D eigenvalue weighted by molar-refractivity contribution is -0.129. The number of halogens is 1. The molecule has 1 aromatic carbocycles. The summed E-state index contributed by atoms with van der Waals surface area (Å²) in [7, 11) is 0. The molecule has 1 amide bonds. The lowest BCUT2D eigenvalue weighted by Crippen LogP contribution is -2.33. The van der Waals surface area contributed by atoms with E-state index >= 15 is 0 Å². The molecule has 0 bridgehead atoms. The normalized spacial score (nSPS) is 18.6. The zero-order chi connectivity index (χ0) is 12.5. The first kappa shape index (κ1) is 13.8. The number of H-pyrrole nitrogens is 1. The van der Waals surface area contributed by atoms with Gasteiger partial charge in [0.2, 0.25) is 5.91 Å². The molecule has 1 atom stereocenters. The number of amides is 1. The van der Waals surface area contributed by atoms with Crippen molar-refractivity contribution >= 4 is 29.2 Å². The van der Waals surface area contributed by atoms with Crippen LogP contribution in [0.4, 0.5) is 0 Å². The van der Waals surface area contributed by atoms with Gasteiger partial charge in [-0.25, -0.2) is 0 Å². The summed E-state index contributed by atoms with van der Waals surface area (Å²) in [5.74, 6) is 0.123. The second-order valence-corrected chi connectivity index (χ2v) is 4.78. The van der Waals surface area contributed by atoms with Crippen LogP contribution in [0, 0.1) is 0 Å². The molecular weight excluding hydrogens is 264 g/mol. The topological polar surface area (TPSA) is 75.0 Å². The maximum absolute atomic E-state index is 12.1. The van der Waals surface area contributed by atoms with Crippen LogP contribution in [0.5, 0.6) is 0 Å². The number of nitrogens with zero attached hydrogens (tertiary/aromatic N) is 2. The fraction of sp³-hybridized carbons (Fsp3) is 0.385. The van der Waals surface area contributed by atoms with Gasteiger partial charge in [0.05, 0.1) is 17.6 Å². The van der Waals surface area contributed by atoms with E-state index in [1.165, 1.54) is 0 Å². The van der Waals surface area contributed by atoms with Crippen LogP contribution in [0.1, 0.15) is 12.1 Å². The Hall–Kier alpha value is -1.59. The molecule has 2 aromatic rings. The summed E-state index contributed by atoms with van der Waals surface area (Å²) in [6.07, 6.45) is 1.27. The number of carbonyl (C=O) groups excluding carboxylic acids is 1. The lowest BCUT2D eigenvalue weighted by Gasteiger charge is -2.15. The lowest BCUT2D eigenvalue weighted by atomic mass is 10.1. The Morgan fingerprint density at radius 3 is 3.00 bits per heavy atom. The standard InChI is InChI=1S/C13H16N4O.ClH/c14-9-5-6-17(8-9)13(18)7-12-10-3-1-2-4-11(10)15-16-12;/h1-4,9H,5-8,14H2,(H,15,16);1H/t9-;/m1./s1. The predicted octanol–water partition coefficient (Wildman–Crippen LogP) is 1.09. The van der Waals surface area contributed by atoms with E-state index in [0.29, 0.717) is 13.0 Å². The van der Waals surface area contributed by atoms with Crippen LogP contribution in [-0.4, -0.2) is 40.1 Å². The minimum Gasteiger partial charge on any atom is -0.341 e. The fourth-order valence-electron chi connectivity index (χ4n) is 2.43. The molecule has 1 aliphatic heterocycles. The molecule has 0 radical (unpaired) electrons. The van der Waals surface area contributed by atoms with Crippen molar-refractivity contribution in [3.8, 4) is 0 Å². The fourth-order valence-corrected chi connectivity index (χ4v) is 2.43. The first-order valence-electron chi connectivity index (χ1n) is 6.19. The second-order valence-electron chi connectivity index (χ2n) is 4.78. The molecule has 0 unspecified atom stereocenters. The molecule has 1 aromatic heterocycles. The molecule has 0 spiro atoms. The minimum absolute atomic E-state index is 0. The molecule has 6 heteroatoms. The molecule has 5 nitrogen and oxygen atoms in total. The summed E-state index contributed by atoms with van der Waals surface area (Å²) in [6.45, 7) is 1.44. The average molecular weight is 281 g/mol. The summed E-state index contributed by atoms with van der Waals surface area (Å²) in [5, 5.41) is 8.17. The molecule has 19 heavy (non-hydrogen) atoms. The Labute approximate surface area is 117 Å². The number of nitrogens with two attached hydrogens (primary N) is 1. The van der Waals surface area contributed by atoms with Crippen LogP contribution in [0.25, 0.3) is 10.9 Å². The number of para-hydroxylation sites is 1. The summed E-state index contributed by atoms with van der Waals surface area (Å²) in [6, 6.07) is 7.95. The second kappa shape index (κ2) is 5.59. The number of nitrogens with one attached hydrogen (secondary N) is 1. The Morgan fingerprint density at radius 2 is 2.26 bits per heavy atom. The van der Waals surface area contributed by atoms with Crippen molar-refractivity contribution < 1.29 is 4.79 Å². The van der Waals surface area contributed by atoms with Crippen molar-refractivity contribution in [3.63, 3.8) is 0 Å². The zero-order valence-corrected chi connectivity index (χ0v) is 11.3. The number of fused-ring (bicyclic) bond motifs is 1. The molecule has 3 rings (SSSR count). The van der Waals surface area contributed by atoms with Crippen molar-refractivity contribution in [1.29, 1.82) is 0 Å². The summed E-state index contributed by atoms with van der Waals surface area (Å²) < 4.78 is 0. The average Bonchev–Trinajstić information content (AvgIpc) is 2.97. The first-order valence-corrected chi connectivity index (χ1v) is 6.19. The number of hydrogen-bond donors (Lipinski definition) is 2. The maximum atomic E-state index is 12.1. The van der Waals surface area contributed by atoms with Gasteiger partial charge in [0, 0.05) is 24.5 Å². The summed E-state index contributed by atoms with van der Waals surface area (Å²) in [4.78, 5) is 14.0. The molecular formula is C13H17ClN4O. The van der Waals surface area contributed by atoms with Crippen LogP contribution in [-0.2, 0) is 11.2 Å². The third-order valence-corrected chi connectivity index (χ3v) is 3.45. The Morgan fingerprint density at radius 1 is 1.47 bits per heavy atom. The van der Waals surface area contributed by atoms with Gasteiger partial charge in [-0.05, 0) is 12.5 Å². The van der Waals surface area contributed by atoms with Crippen molar-refractivity contribution in [2.75, 3.05) is 13.1 Å². The number of aromatic amines is 1. The van der Waals surface area contributed by atoms with Crippen LogP contribution in [0.2, 0.25) is 0 Å². The van der Waals surface area contributed by atoms with Gasteiger partial charge >= 0.3 is 0 Å². The molecule has 0 saturated carbocycles. The van der Waals surface area contributed by atoms with E-state index in [0.717, 1.165) is 29.6 Å². The van der Waals surface area contributed by atoms with Crippen molar-refractivity contribution in [3.05, 3.63) is 30.0 Å². The van der Waals surface area contributed by atoms with Gasteiger partial charge in [0.25, 0.3) is 0 Å². The van der Waals surface area contributed by atoms with Gasteiger partial charge in [-0.3, -0.25) is 9.89 Å². The minimum atomic E-state index is 0. The molecule has 3 N–H and O–H groups in total. The zero-order valence-electron chi connectivity index (χ0n) is 10.5.